The van der Waals surface area contributed by atoms with Gasteiger partial charge in [-0.2, -0.15) is 0 Å². The van der Waals surface area contributed by atoms with Crippen LogP contribution >= 0.6 is 15.6 Å². The number of aliphatic hydroxyl groups excluding tert-OH is 1. The highest BCUT2D eigenvalue weighted by Crippen LogP contribution is 2.45. The van der Waals surface area contributed by atoms with E-state index >= 15 is 0 Å². The maximum Gasteiger partial charge on any atom is 0.472 e. The molecule has 17 nitrogen and oxygen atoms in total. The molecule has 0 saturated heterocycles. The topological polar surface area (TPSA) is 237 Å². The van der Waals surface area contributed by atoms with Crippen LogP contribution in [0.1, 0.15) is 310 Å². The first-order valence-corrected chi connectivity index (χ1v) is 39.8. The summed E-state index contributed by atoms with van der Waals surface area (Å²) in [6, 6.07) is 0. The van der Waals surface area contributed by atoms with Gasteiger partial charge >= 0.3 is 39.5 Å². The fourth-order valence-corrected chi connectivity index (χ4v) is 11.3. The first-order chi connectivity index (χ1) is 45.7. The normalized spacial score (nSPS) is 14.5. The van der Waals surface area contributed by atoms with Gasteiger partial charge in [0.05, 0.1) is 26.4 Å². The lowest BCUT2D eigenvalue weighted by Gasteiger charge is -2.21. The number of ether oxygens (including phenoxy) is 4. The summed E-state index contributed by atoms with van der Waals surface area (Å²) in [6.07, 6.45) is 67.3. The van der Waals surface area contributed by atoms with Crippen molar-refractivity contribution >= 4 is 39.5 Å². The molecule has 0 rings (SSSR count). The zero-order valence-electron chi connectivity index (χ0n) is 59.1. The van der Waals surface area contributed by atoms with E-state index in [0.717, 1.165) is 167 Å². The van der Waals surface area contributed by atoms with E-state index in [1.807, 2.05) is 0 Å². The van der Waals surface area contributed by atoms with Gasteiger partial charge in [0.2, 0.25) is 0 Å². The van der Waals surface area contributed by atoms with Crippen molar-refractivity contribution in [3.05, 3.63) is 85.1 Å². The summed E-state index contributed by atoms with van der Waals surface area (Å²) in [4.78, 5) is 72.7. The molecule has 0 aromatic rings. The molecule has 94 heavy (non-hydrogen) atoms. The summed E-state index contributed by atoms with van der Waals surface area (Å²) in [5.41, 5.74) is 0. The lowest BCUT2D eigenvalue weighted by atomic mass is 10.0. The van der Waals surface area contributed by atoms with Crippen molar-refractivity contribution in [2.24, 2.45) is 0 Å². The standard InChI is InChI=1S/C75H132O17P2/c1-5-9-13-17-21-25-29-32-34-37-40-43-47-51-55-59-72(77)85-65-70(91-74(79)61-57-53-49-45-39-28-24-20-16-12-8-4)67-89-93(81,82)87-63-69(76)64-88-94(83,84)90-68-71(92-75(80)62-58-54-50-46-42-36-31-27-23-19-15-11-7-3)66-86-73(78)60-56-52-48-44-41-38-35-33-30-26-22-18-14-10-6-2/h9-10,13-14,20-22,24-26,32-35,69-71,76H,5-8,11-12,15-19,23,27-31,36-68H2,1-4H3,(H,81,82)(H,83,84)/b13-9-,14-10-,24-20-,25-21-,26-22-,34-32-,35-33-. The average Bonchev–Trinajstić information content (AvgIpc) is 1.35. The van der Waals surface area contributed by atoms with Crippen molar-refractivity contribution in [1.29, 1.82) is 0 Å². The van der Waals surface area contributed by atoms with Crippen LogP contribution in [0.2, 0.25) is 0 Å². The van der Waals surface area contributed by atoms with Crippen LogP contribution in [0.15, 0.2) is 85.1 Å². The number of phosphoric ester groups is 2. The highest BCUT2D eigenvalue weighted by molar-refractivity contribution is 7.47. The van der Waals surface area contributed by atoms with Crippen LogP contribution < -0.4 is 0 Å². The van der Waals surface area contributed by atoms with Crippen molar-refractivity contribution in [1.82, 2.24) is 0 Å². The zero-order chi connectivity index (χ0) is 69.0. The van der Waals surface area contributed by atoms with E-state index in [1.54, 1.807) is 0 Å². The van der Waals surface area contributed by atoms with Gasteiger partial charge in [-0.25, -0.2) is 9.13 Å². The Hall–Kier alpha value is -3.76. The highest BCUT2D eigenvalue weighted by atomic mass is 31.2. The fraction of sp³-hybridized carbons (Fsp3) is 0.760. The molecule has 0 bridgehead atoms. The van der Waals surface area contributed by atoms with Crippen molar-refractivity contribution in [2.75, 3.05) is 39.6 Å². The molecule has 3 N–H and O–H groups in total. The molecule has 0 aliphatic heterocycles. The van der Waals surface area contributed by atoms with Gasteiger partial charge in [-0.1, -0.05) is 260 Å². The van der Waals surface area contributed by atoms with Gasteiger partial charge in [-0.15, -0.1) is 0 Å². The van der Waals surface area contributed by atoms with E-state index in [2.05, 4.69) is 113 Å². The lowest BCUT2D eigenvalue weighted by molar-refractivity contribution is -0.161. The van der Waals surface area contributed by atoms with Crippen LogP contribution in [0, 0.1) is 0 Å². The van der Waals surface area contributed by atoms with Crippen molar-refractivity contribution < 1.29 is 80.2 Å². The summed E-state index contributed by atoms with van der Waals surface area (Å²) in [5.74, 6) is -2.21. The molecule has 0 aliphatic carbocycles. The maximum atomic E-state index is 13.0. The molecule has 0 aromatic heterocycles. The molecule has 19 heteroatoms. The summed E-state index contributed by atoms with van der Waals surface area (Å²) in [5, 5.41) is 10.6. The number of hydrogen-bond acceptors (Lipinski definition) is 15. The van der Waals surface area contributed by atoms with Crippen LogP contribution in [-0.4, -0.2) is 96.7 Å². The number of carbonyl (C=O) groups excluding carboxylic acids is 4. The second-order valence-electron chi connectivity index (χ2n) is 24.5. The SMILES string of the molecule is CC/C=C\C/C=C\C/C=C\CCCCCCCC(=O)OCC(COP(=O)(O)OCC(O)COP(=O)(O)OCC(COC(=O)CCCCCCC/C=C\C/C=C\C/C=C\CC)OC(=O)CCCCCCCCCCCCCCC)OC(=O)CCCCCCC/C=C\CCCC. The molecule has 0 aromatic carbocycles. The number of aliphatic hydroxyl groups is 1. The van der Waals surface area contributed by atoms with E-state index in [9.17, 15) is 43.2 Å². The Morgan fingerprint density at radius 1 is 0.309 bits per heavy atom. The molecular formula is C75H132O17P2. The molecule has 0 radical (unpaired) electrons. The highest BCUT2D eigenvalue weighted by Gasteiger charge is 2.30. The molecule has 544 valence electrons. The van der Waals surface area contributed by atoms with Crippen molar-refractivity contribution in [3.63, 3.8) is 0 Å². The molecule has 0 aliphatic rings. The molecular weight excluding hydrogens is 1230 g/mol. The van der Waals surface area contributed by atoms with Gasteiger partial charge in [0.25, 0.3) is 0 Å². The van der Waals surface area contributed by atoms with E-state index in [4.69, 9.17) is 37.0 Å². The molecule has 0 amide bonds. The number of phosphoric acid groups is 2. The average molecular weight is 1370 g/mol. The largest absolute Gasteiger partial charge is 0.472 e. The number of carbonyl (C=O) groups is 4. The summed E-state index contributed by atoms with van der Waals surface area (Å²) in [7, 11) is -9.94. The second kappa shape index (κ2) is 67.8. The Morgan fingerprint density at radius 3 is 0.894 bits per heavy atom. The Balaban J connectivity index is 5.32. The van der Waals surface area contributed by atoms with Gasteiger partial charge in [0.1, 0.15) is 19.3 Å². The summed E-state index contributed by atoms with van der Waals surface area (Å²) < 4.78 is 68.3. The van der Waals surface area contributed by atoms with E-state index in [-0.39, 0.29) is 25.7 Å². The predicted molar refractivity (Wildman–Crippen MR) is 381 cm³/mol. The summed E-state index contributed by atoms with van der Waals surface area (Å²) >= 11 is 0. The third kappa shape index (κ3) is 66.8. The van der Waals surface area contributed by atoms with Crippen LogP contribution in [-0.2, 0) is 65.4 Å². The Morgan fingerprint density at radius 2 is 0.564 bits per heavy atom. The van der Waals surface area contributed by atoms with Crippen LogP contribution in [0.25, 0.3) is 0 Å². The Labute approximate surface area is 570 Å². The second-order valence-corrected chi connectivity index (χ2v) is 27.4. The molecule has 0 saturated carbocycles. The third-order valence-corrected chi connectivity index (χ3v) is 17.3. The maximum absolute atomic E-state index is 13.0. The van der Waals surface area contributed by atoms with Crippen LogP contribution in [0.3, 0.4) is 0 Å². The monoisotopic (exact) mass is 1370 g/mol. The number of esters is 4. The first-order valence-electron chi connectivity index (χ1n) is 36.8. The van der Waals surface area contributed by atoms with Crippen LogP contribution in [0.4, 0.5) is 0 Å². The Bertz CT molecular complexity index is 2120. The minimum atomic E-state index is -4.97. The zero-order valence-corrected chi connectivity index (χ0v) is 60.9. The first kappa shape index (κ1) is 90.2. The minimum Gasteiger partial charge on any atom is -0.462 e. The molecule has 0 heterocycles. The van der Waals surface area contributed by atoms with Gasteiger partial charge in [0, 0.05) is 25.7 Å². The number of rotatable bonds is 69. The van der Waals surface area contributed by atoms with E-state index < -0.39 is 97.5 Å². The predicted octanol–water partition coefficient (Wildman–Crippen LogP) is 20.7. The summed E-state index contributed by atoms with van der Waals surface area (Å²) in [6.45, 7) is 4.58. The van der Waals surface area contributed by atoms with E-state index in [0.29, 0.717) is 25.7 Å². The quantitative estimate of drug-likeness (QED) is 0.0169. The fourth-order valence-electron chi connectivity index (χ4n) is 9.76. The van der Waals surface area contributed by atoms with Gasteiger partial charge in [-0.05, 0) is 109 Å². The van der Waals surface area contributed by atoms with Crippen LogP contribution in [0.5, 0.6) is 0 Å². The minimum absolute atomic E-state index is 0.0815. The van der Waals surface area contributed by atoms with Gasteiger partial charge < -0.3 is 33.8 Å². The van der Waals surface area contributed by atoms with Crippen molar-refractivity contribution in [2.45, 2.75) is 329 Å². The molecule has 0 spiro atoms. The Kier molecular flexibility index (Phi) is 65.1. The third-order valence-electron chi connectivity index (χ3n) is 15.4. The van der Waals surface area contributed by atoms with Gasteiger partial charge in [-0.3, -0.25) is 37.3 Å². The lowest BCUT2D eigenvalue weighted by Crippen LogP contribution is -2.30. The number of allylic oxidation sites excluding steroid dienone is 14. The number of hydrogen-bond donors (Lipinski definition) is 3. The van der Waals surface area contributed by atoms with Gasteiger partial charge in [0.15, 0.2) is 12.2 Å². The molecule has 5 unspecified atom stereocenters. The van der Waals surface area contributed by atoms with E-state index in [1.165, 1.54) is 64.2 Å². The number of unbranched alkanes of at least 4 members (excludes halogenated alkanes) is 29. The smallest absolute Gasteiger partial charge is 0.462 e. The molecule has 5 atom stereocenters. The molecule has 0 fully saturated rings. The van der Waals surface area contributed by atoms with Crippen molar-refractivity contribution in [3.8, 4) is 0 Å².